The van der Waals surface area contributed by atoms with Gasteiger partial charge < -0.3 is 5.11 Å². The number of hydrogen-bond donors (Lipinski definition) is 1. The summed E-state index contributed by atoms with van der Waals surface area (Å²) in [7, 11) is 0. The molecular weight excluding hydrogens is 248 g/mol. The Bertz CT molecular complexity index is 684. The second kappa shape index (κ2) is 4.34. The summed E-state index contributed by atoms with van der Waals surface area (Å²) in [4.78, 5) is 22.8. The lowest BCUT2D eigenvalue weighted by atomic mass is 10.1. The summed E-state index contributed by atoms with van der Waals surface area (Å²) in [6.07, 6.45) is 1.93. The molecule has 0 amide bonds. The summed E-state index contributed by atoms with van der Waals surface area (Å²) in [6, 6.07) is 6.64. The summed E-state index contributed by atoms with van der Waals surface area (Å²) in [5, 5.41) is 16.6. The summed E-state index contributed by atoms with van der Waals surface area (Å²) < 4.78 is 2.64. The van der Waals surface area contributed by atoms with Gasteiger partial charge >= 0.3 is 11.7 Å². The molecule has 1 aromatic carbocycles. The van der Waals surface area contributed by atoms with Gasteiger partial charge in [0.15, 0.2) is 0 Å². The van der Waals surface area contributed by atoms with Crippen molar-refractivity contribution >= 4 is 5.97 Å². The Kier molecular flexibility index (Phi) is 2.66. The molecular formula is C12H12N4O3. The minimum Gasteiger partial charge on any atom is -0.478 e. The SMILES string of the molecule is O=C(O)c1cccc(Cn2nnn(C3CC3)c2=O)c1. The Hall–Kier alpha value is -2.44. The number of rotatable bonds is 4. The number of carboxylic acids is 1. The van der Waals surface area contributed by atoms with Gasteiger partial charge in [-0.1, -0.05) is 12.1 Å². The van der Waals surface area contributed by atoms with Gasteiger partial charge in [-0.05, 0) is 41.0 Å². The first-order valence-corrected chi connectivity index (χ1v) is 5.99. The molecule has 1 fully saturated rings. The highest BCUT2D eigenvalue weighted by Crippen LogP contribution is 2.32. The molecule has 1 aromatic heterocycles. The highest BCUT2D eigenvalue weighted by atomic mass is 16.4. The van der Waals surface area contributed by atoms with Crippen LogP contribution in [0.2, 0.25) is 0 Å². The second-order valence-electron chi connectivity index (χ2n) is 4.60. The molecule has 0 spiro atoms. The maximum Gasteiger partial charge on any atom is 0.364 e. The number of carbonyl (C=O) groups is 1. The molecule has 0 atom stereocenters. The normalized spacial score (nSPS) is 14.5. The molecule has 1 aliphatic rings. The number of nitrogens with zero attached hydrogens (tertiary/aromatic N) is 4. The first-order valence-electron chi connectivity index (χ1n) is 5.99. The molecule has 1 N–H and O–H groups in total. The highest BCUT2D eigenvalue weighted by molar-refractivity contribution is 5.87. The van der Waals surface area contributed by atoms with E-state index >= 15 is 0 Å². The molecule has 19 heavy (non-hydrogen) atoms. The van der Waals surface area contributed by atoms with E-state index in [9.17, 15) is 9.59 Å². The molecule has 0 saturated heterocycles. The van der Waals surface area contributed by atoms with Gasteiger partial charge in [-0.25, -0.2) is 9.59 Å². The zero-order chi connectivity index (χ0) is 13.4. The average molecular weight is 260 g/mol. The van der Waals surface area contributed by atoms with Crippen molar-refractivity contribution in [3.63, 3.8) is 0 Å². The van der Waals surface area contributed by atoms with Gasteiger partial charge in [0.05, 0.1) is 18.2 Å². The molecule has 0 radical (unpaired) electrons. The third-order valence-corrected chi connectivity index (χ3v) is 3.06. The van der Waals surface area contributed by atoms with Crippen molar-refractivity contribution in [2.75, 3.05) is 0 Å². The maximum absolute atomic E-state index is 12.0. The molecule has 1 saturated carbocycles. The molecule has 3 rings (SSSR count). The van der Waals surface area contributed by atoms with Crippen LogP contribution in [0.25, 0.3) is 0 Å². The molecule has 1 heterocycles. The van der Waals surface area contributed by atoms with Gasteiger partial charge in [-0.3, -0.25) is 0 Å². The van der Waals surface area contributed by atoms with E-state index in [1.165, 1.54) is 21.5 Å². The molecule has 0 bridgehead atoms. The quantitative estimate of drug-likeness (QED) is 0.865. The van der Waals surface area contributed by atoms with E-state index < -0.39 is 5.97 Å². The Morgan fingerprint density at radius 1 is 1.37 bits per heavy atom. The fourth-order valence-corrected chi connectivity index (χ4v) is 1.91. The van der Waals surface area contributed by atoms with Crippen LogP contribution in [0, 0.1) is 0 Å². The average Bonchev–Trinajstić information content (AvgIpc) is 3.17. The number of carboxylic acid groups (broad SMARTS) is 1. The summed E-state index contributed by atoms with van der Waals surface area (Å²) in [5.74, 6) is -0.990. The van der Waals surface area contributed by atoms with Crippen LogP contribution in [0.15, 0.2) is 29.1 Å². The van der Waals surface area contributed by atoms with Crippen molar-refractivity contribution in [2.24, 2.45) is 0 Å². The Morgan fingerprint density at radius 2 is 2.16 bits per heavy atom. The predicted octanol–water partition coefficient (Wildman–Crippen LogP) is 0.521. The number of benzene rings is 1. The van der Waals surface area contributed by atoms with E-state index in [1.807, 2.05) is 0 Å². The molecule has 2 aromatic rings. The van der Waals surface area contributed by atoms with Crippen LogP contribution in [0.3, 0.4) is 0 Å². The molecule has 0 unspecified atom stereocenters. The largest absolute Gasteiger partial charge is 0.478 e. The van der Waals surface area contributed by atoms with Gasteiger partial charge in [0.2, 0.25) is 0 Å². The van der Waals surface area contributed by atoms with Crippen molar-refractivity contribution in [3.8, 4) is 0 Å². The van der Waals surface area contributed by atoms with Crippen LogP contribution in [0.4, 0.5) is 0 Å². The van der Waals surface area contributed by atoms with Crippen molar-refractivity contribution in [1.82, 2.24) is 19.8 Å². The third-order valence-electron chi connectivity index (χ3n) is 3.06. The molecule has 1 aliphatic carbocycles. The van der Waals surface area contributed by atoms with Crippen molar-refractivity contribution in [3.05, 3.63) is 45.9 Å². The summed E-state index contributed by atoms with van der Waals surface area (Å²) >= 11 is 0. The van der Waals surface area contributed by atoms with Crippen LogP contribution in [0.1, 0.15) is 34.8 Å². The monoisotopic (exact) mass is 260 g/mol. The van der Waals surface area contributed by atoms with Crippen molar-refractivity contribution in [1.29, 1.82) is 0 Å². The lowest BCUT2D eigenvalue weighted by Crippen LogP contribution is -2.25. The Labute approximate surface area is 108 Å². The topological polar surface area (TPSA) is 90.0 Å². The van der Waals surface area contributed by atoms with Crippen LogP contribution in [-0.4, -0.2) is 30.9 Å². The first-order chi connectivity index (χ1) is 9.15. The zero-order valence-electron chi connectivity index (χ0n) is 10.1. The van der Waals surface area contributed by atoms with Crippen molar-refractivity contribution in [2.45, 2.75) is 25.4 Å². The van der Waals surface area contributed by atoms with E-state index in [4.69, 9.17) is 5.11 Å². The number of aromatic carboxylic acids is 1. The maximum atomic E-state index is 12.0. The van der Waals surface area contributed by atoms with Gasteiger partial charge in [-0.2, -0.15) is 9.36 Å². The van der Waals surface area contributed by atoms with Crippen LogP contribution in [-0.2, 0) is 6.54 Å². The van der Waals surface area contributed by atoms with E-state index in [1.54, 1.807) is 12.1 Å². The fourth-order valence-electron chi connectivity index (χ4n) is 1.91. The molecule has 7 heteroatoms. The van der Waals surface area contributed by atoms with E-state index in [0.717, 1.165) is 12.8 Å². The van der Waals surface area contributed by atoms with Gasteiger partial charge in [-0.15, -0.1) is 0 Å². The van der Waals surface area contributed by atoms with Crippen LogP contribution < -0.4 is 5.69 Å². The van der Waals surface area contributed by atoms with Gasteiger partial charge in [0.25, 0.3) is 0 Å². The Balaban J connectivity index is 1.87. The number of hydrogen-bond acceptors (Lipinski definition) is 4. The highest BCUT2D eigenvalue weighted by Gasteiger charge is 2.27. The molecule has 7 nitrogen and oxygen atoms in total. The Morgan fingerprint density at radius 3 is 2.84 bits per heavy atom. The van der Waals surface area contributed by atoms with E-state index in [-0.39, 0.29) is 23.8 Å². The van der Waals surface area contributed by atoms with Crippen molar-refractivity contribution < 1.29 is 9.90 Å². The smallest absolute Gasteiger partial charge is 0.364 e. The van der Waals surface area contributed by atoms with Crippen LogP contribution >= 0.6 is 0 Å². The summed E-state index contributed by atoms with van der Waals surface area (Å²) in [5.41, 5.74) is 0.660. The first kappa shape index (κ1) is 11.6. The zero-order valence-corrected chi connectivity index (χ0v) is 10.1. The standard InChI is InChI=1S/C12H12N4O3/c17-11(18)9-3-1-2-8(6-9)7-15-12(19)16(14-13-15)10-4-5-10/h1-3,6,10H,4-5,7H2,(H,17,18). The van der Waals surface area contributed by atoms with E-state index in [2.05, 4.69) is 10.4 Å². The minimum absolute atomic E-state index is 0.187. The third kappa shape index (κ3) is 2.26. The van der Waals surface area contributed by atoms with Gasteiger partial charge in [0, 0.05) is 0 Å². The van der Waals surface area contributed by atoms with E-state index in [0.29, 0.717) is 5.56 Å². The van der Waals surface area contributed by atoms with Crippen LogP contribution in [0.5, 0.6) is 0 Å². The lowest BCUT2D eigenvalue weighted by Gasteiger charge is -2.01. The summed E-state index contributed by atoms with van der Waals surface area (Å²) in [6.45, 7) is 0.229. The molecule has 0 aliphatic heterocycles. The molecule has 98 valence electrons. The van der Waals surface area contributed by atoms with Gasteiger partial charge in [0.1, 0.15) is 0 Å². The minimum atomic E-state index is -0.990. The number of tetrazole rings is 1. The lowest BCUT2D eigenvalue weighted by molar-refractivity contribution is 0.0696. The fraction of sp³-hybridized carbons (Fsp3) is 0.333. The number of aromatic nitrogens is 4. The second-order valence-corrected chi connectivity index (χ2v) is 4.60. The predicted molar refractivity (Wildman–Crippen MR) is 65.1 cm³/mol.